The fraction of sp³-hybridized carbons (Fsp3) is 0.326. The summed E-state index contributed by atoms with van der Waals surface area (Å²) in [6, 6.07) is 33.6. The van der Waals surface area contributed by atoms with Gasteiger partial charge in [0.1, 0.15) is 0 Å². The summed E-state index contributed by atoms with van der Waals surface area (Å²) in [7, 11) is 0. The van der Waals surface area contributed by atoms with E-state index in [1.165, 1.54) is 80.1 Å². The summed E-state index contributed by atoms with van der Waals surface area (Å²) in [6.45, 7) is 18.1. The van der Waals surface area contributed by atoms with Crippen LogP contribution in [0, 0.1) is 6.08 Å². The van der Waals surface area contributed by atoms with Gasteiger partial charge in [-0.05, 0) is 47.3 Å². The summed E-state index contributed by atoms with van der Waals surface area (Å²) < 4.78 is 0. The Hall–Kier alpha value is -2.09. The minimum atomic E-state index is 0. The van der Waals surface area contributed by atoms with E-state index in [2.05, 4.69) is 152 Å². The van der Waals surface area contributed by atoms with E-state index in [9.17, 15) is 0 Å². The molecule has 2 aliphatic rings. The van der Waals surface area contributed by atoms with E-state index in [0.29, 0.717) is 5.92 Å². The van der Waals surface area contributed by atoms with Gasteiger partial charge in [-0.1, -0.05) is 131 Å². The predicted molar refractivity (Wildman–Crippen MR) is 194 cm³/mol. The number of fused-ring (bicyclic) bond motifs is 3. The number of hydrogen-bond donors (Lipinski definition) is 0. The molecule has 0 spiro atoms. The normalized spacial score (nSPS) is 12.9. The van der Waals surface area contributed by atoms with E-state index in [-0.39, 0.29) is 35.7 Å². The molecule has 47 heavy (non-hydrogen) atoms. The van der Waals surface area contributed by atoms with Crippen LogP contribution in [0.2, 0.25) is 13.1 Å². The van der Waals surface area contributed by atoms with Crippen LogP contribution in [-0.4, -0.2) is 5.43 Å². The number of halogens is 2. The van der Waals surface area contributed by atoms with Crippen molar-refractivity contribution in [3.63, 3.8) is 0 Å². The van der Waals surface area contributed by atoms with E-state index in [4.69, 9.17) is 0 Å². The molecule has 0 amide bonds. The van der Waals surface area contributed by atoms with Crippen LogP contribution in [0.4, 0.5) is 0 Å². The van der Waals surface area contributed by atoms with Gasteiger partial charge in [-0.25, -0.2) is 0 Å². The van der Waals surface area contributed by atoms with E-state index in [1.807, 2.05) is 0 Å². The maximum absolute atomic E-state index is 3.55. The van der Waals surface area contributed by atoms with Gasteiger partial charge in [0.25, 0.3) is 0 Å². The first-order valence-corrected chi connectivity index (χ1v) is 22.8. The minimum Gasteiger partial charge on any atom is -1.00 e. The molecule has 2 aliphatic carbocycles. The molecule has 4 heteroatoms. The van der Waals surface area contributed by atoms with Crippen molar-refractivity contribution in [2.45, 2.75) is 91.7 Å². The van der Waals surface area contributed by atoms with Crippen LogP contribution < -0.4 is 24.8 Å². The Morgan fingerprint density at radius 3 is 2.09 bits per heavy atom. The van der Waals surface area contributed by atoms with Crippen LogP contribution in [-0.2, 0) is 48.0 Å². The van der Waals surface area contributed by atoms with E-state index >= 15 is 0 Å². The van der Waals surface area contributed by atoms with Crippen molar-refractivity contribution in [2.24, 2.45) is 0 Å². The molecule has 0 aromatic heterocycles. The first-order valence-electron chi connectivity index (χ1n) is 16.6. The zero-order valence-corrected chi connectivity index (χ0v) is 34.3. The minimum absolute atomic E-state index is 0. The first-order chi connectivity index (χ1) is 21.4. The fourth-order valence-corrected chi connectivity index (χ4v) is 6.57. The monoisotopic (exact) mass is 752 g/mol. The van der Waals surface area contributed by atoms with E-state index < -0.39 is 0 Å². The molecule has 5 aromatic carbocycles. The number of benzene rings is 4. The Morgan fingerprint density at radius 2 is 1.47 bits per heavy atom. The van der Waals surface area contributed by atoms with Crippen LogP contribution in [0.5, 0.6) is 0 Å². The Morgan fingerprint density at radius 1 is 0.809 bits per heavy atom. The molecule has 0 nitrogen and oxygen atoms in total. The van der Waals surface area contributed by atoms with Crippen LogP contribution in [0.3, 0.4) is 0 Å². The zero-order chi connectivity index (χ0) is 32.3. The molecule has 0 aliphatic heterocycles. The molecule has 0 fully saturated rings. The molecule has 0 unspecified atom stereocenters. The number of rotatable bonds is 3. The van der Waals surface area contributed by atoms with E-state index in [0.717, 1.165) is 6.42 Å². The molecule has 0 saturated carbocycles. The maximum atomic E-state index is 3.55. The largest absolute Gasteiger partial charge is 1.00 e. The molecular formula is C43H48Cl2SiZr-2. The van der Waals surface area contributed by atoms with Crippen molar-refractivity contribution in [2.75, 3.05) is 0 Å². The van der Waals surface area contributed by atoms with Crippen molar-refractivity contribution in [1.82, 2.24) is 0 Å². The van der Waals surface area contributed by atoms with Crippen LogP contribution in [0.15, 0.2) is 96.6 Å². The SMILES string of the molecule is CC(C)c1cc2c(-c3ccc(C(C)(C)C)cc3)cccc2[cH-]1.CC1=[C-]c2cc3c(c(-c4ccccc4)c2C1)CCC3.C[Si](C)=[Zr+2].[Cl-].[Cl-]. The molecule has 244 valence electrons. The van der Waals surface area contributed by atoms with E-state index in [1.54, 1.807) is 34.5 Å². The van der Waals surface area contributed by atoms with Gasteiger partial charge < -0.3 is 24.8 Å². The van der Waals surface area contributed by atoms with Crippen molar-refractivity contribution in [3.05, 3.63) is 136 Å². The first kappa shape index (κ1) is 39.3. The summed E-state index contributed by atoms with van der Waals surface area (Å²) >= 11 is 1.74. The Kier molecular flexibility index (Phi) is 14.3. The van der Waals surface area contributed by atoms with Gasteiger partial charge in [0, 0.05) is 0 Å². The van der Waals surface area contributed by atoms with Crippen molar-refractivity contribution in [1.29, 1.82) is 0 Å². The van der Waals surface area contributed by atoms with Crippen LogP contribution in [0.1, 0.15) is 87.3 Å². The molecule has 0 saturated heterocycles. The van der Waals surface area contributed by atoms with Gasteiger partial charge >= 0.3 is 41.9 Å². The van der Waals surface area contributed by atoms with Crippen molar-refractivity contribution >= 4 is 16.2 Å². The van der Waals surface area contributed by atoms with Gasteiger partial charge in [0.15, 0.2) is 0 Å². The smallest absolute Gasteiger partial charge is 1.00 e. The molecule has 0 atom stereocenters. The van der Waals surface area contributed by atoms with Gasteiger partial charge in [0.2, 0.25) is 0 Å². The molecule has 0 radical (unpaired) electrons. The third kappa shape index (κ3) is 9.54. The van der Waals surface area contributed by atoms with Crippen molar-refractivity contribution in [3.8, 4) is 22.3 Å². The average Bonchev–Trinajstić information content (AvgIpc) is 3.73. The fourth-order valence-electron chi connectivity index (χ4n) is 6.57. The second kappa shape index (κ2) is 17.0. The third-order valence-corrected chi connectivity index (χ3v) is 8.86. The predicted octanol–water partition coefficient (Wildman–Crippen LogP) is 5.93. The summed E-state index contributed by atoms with van der Waals surface area (Å²) in [6.07, 6.45) is 8.42. The third-order valence-electron chi connectivity index (χ3n) is 8.86. The topological polar surface area (TPSA) is 0 Å². The molecule has 5 aromatic rings. The summed E-state index contributed by atoms with van der Waals surface area (Å²) in [5.74, 6) is 0.573. The second-order valence-electron chi connectivity index (χ2n) is 14.3. The Balaban J connectivity index is 0.000000222. The van der Waals surface area contributed by atoms with Crippen molar-refractivity contribution < 1.29 is 48.1 Å². The number of aryl methyl sites for hydroxylation is 1. The molecule has 7 rings (SSSR count). The Labute approximate surface area is 312 Å². The maximum Gasteiger partial charge on any atom is -1.00 e. The quantitative estimate of drug-likeness (QED) is 0.158. The van der Waals surface area contributed by atoms with Gasteiger partial charge in [0.05, 0.1) is 0 Å². The molecule has 0 bridgehead atoms. The standard InChI is InChI=1S/C22H25.C19H17.C2H6Si.2ClH.Zr/c1-15(2)18-13-17-7-6-8-20(21(17)14-18)16-9-11-19(12-10-16)22(3,4)5;1-13-10-16-12-15-8-5-9-17(15)19(18(16)11-13)14-6-3-2-4-7-14;1-3-2;;;/h6-15H,1-5H3;2-4,6-7,12H,5,8-9,11H2,1H3;1-2H3;2*1H;/q2*-1;;;;+2/p-2. The molecule has 0 N–H and O–H groups in total. The average molecular weight is 755 g/mol. The Bertz CT molecular complexity index is 1830. The summed E-state index contributed by atoms with van der Waals surface area (Å²) in [5, 5.41) is 2.72. The molecular weight excluding hydrogens is 707 g/mol. The summed E-state index contributed by atoms with van der Waals surface area (Å²) in [5.41, 5.74) is 16.1. The molecule has 0 heterocycles. The second-order valence-corrected chi connectivity index (χ2v) is 23.7. The zero-order valence-electron chi connectivity index (χ0n) is 29.3. The summed E-state index contributed by atoms with van der Waals surface area (Å²) in [4.78, 5) is 0. The van der Waals surface area contributed by atoms with Gasteiger partial charge in [-0.3, -0.25) is 0 Å². The number of hydrogen-bond acceptors (Lipinski definition) is 0. The number of allylic oxidation sites excluding steroid dienone is 1. The van der Waals surface area contributed by atoms with Crippen LogP contribution in [0.25, 0.3) is 33.0 Å². The van der Waals surface area contributed by atoms with Crippen LogP contribution >= 0.6 is 0 Å². The van der Waals surface area contributed by atoms with Gasteiger partial charge in [-0.15, -0.1) is 45.7 Å². The van der Waals surface area contributed by atoms with Gasteiger partial charge in [-0.2, -0.15) is 23.8 Å².